The average molecular weight is 273 g/mol. The fourth-order valence-electron chi connectivity index (χ4n) is 1.78. The molecule has 0 amide bonds. The summed E-state index contributed by atoms with van der Waals surface area (Å²) < 4.78 is 37.4. The van der Waals surface area contributed by atoms with E-state index >= 15 is 0 Å². The van der Waals surface area contributed by atoms with Crippen LogP contribution >= 0.6 is 0 Å². The summed E-state index contributed by atoms with van der Waals surface area (Å²) in [6.07, 6.45) is 0.226. The summed E-state index contributed by atoms with van der Waals surface area (Å²) in [5, 5.41) is 11.0. The van der Waals surface area contributed by atoms with Crippen molar-refractivity contribution in [2.24, 2.45) is 5.16 Å². The maximum absolute atomic E-state index is 13.6. The Kier molecular flexibility index (Phi) is 4.84. The predicted molar refractivity (Wildman–Crippen MR) is 68.3 cm³/mol. The number of halogens is 1. The van der Waals surface area contributed by atoms with Crippen molar-refractivity contribution < 1.29 is 18.0 Å². The van der Waals surface area contributed by atoms with Crippen LogP contribution in [0.5, 0.6) is 0 Å². The third kappa shape index (κ3) is 2.87. The maximum Gasteiger partial charge on any atom is 0.158 e. The van der Waals surface area contributed by atoms with Crippen molar-refractivity contribution in [3.8, 4) is 0 Å². The number of hydrogen-bond donors (Lipinski definition) is 1. The van der Waals surface area contributed by atoms with Gasteiger partial charge in [0, 0.05) is 11.3 Å². The van der Waals surface area contributed by atoms with Gasteiger partial charge in [0.25, 0.3) is 0 Å². The highest BCUT2D eigenvalue weighted by molar-refractivity contribution is 7.92. The second-order valence-electron chi connectivity index (χ2n) is 3.81. The molecule has 0 fully saturated rings. The molecule has 1 atom stereocenters. The SMILES string of the molecule is CC[C@@H](/C(=N\O)c1ccccc1F)S(=O)(=O)CC. The Balaban J connectivity index is 3.31. The molecule has 6 heteroatoms. The van der Waals surface area contributed by atoms with Gasteiger partial charge in [-0.15, -0.1) is 0 Å². The van der Waals surface area contributed by atoms with Crippen LogP contribution in [0.25, 0.3) is 0 Å². The first-order valence-electron chi connectivity index (χ1n) is 5.66. The van der Waals surface area contributed by atoms with Gasteiger partial charge < -0.3 is 5.21 Å². The molecule has 4 nitrogen and oxygen atoms in total. The van der Waals surface area contributed by atoms with Crippen LogP contribution < -0.4 is 0 Å². The summed E-state index contributed by atoms with van der Waals surface area (Å²) >= 11 is 0. The van der Waals surface area contributed by atoms with Gasteiger partial charge in [0.1, 0.15) is 16.8 Å². The number of rotatable bonds is 5. The van der Waals surface area contributed by atoms with Gasteiger partial charge in [0.2, 0.25) is 0 Å². The van der Waals surface area contributed by atoms with E-state index in [-0.39, 0.29) is 23.4 Å². The minimum Gasteiger partial charge on any atom is -0.411 e. The third-order valence-corrected chi connectivity index (χ3v) is 5.00. The largest absolute Gasteiger partial charge is 0.411 e. The zero-order chi connectivity index (χ0) is 13.8. The maximum atomic E-state index is 13.6. The topological polar surface area (TPSA) is 66.7 Å². The molecule has 1 aromatic carbocycles. The molecule has 0 aromatic heterocycles. The van der Waals surface area contributed by atoms with Crippen molar-refractivity contribution in [3.63, 3.8) is 0 Å². The molecule has 0 saturated heterocycles. The number of oxime groups is 1. The first-order chi connectivity index (χ1) is 8.47. The molecular formula is C12H16FNO3S. The Bertz CT molecular complexity index is 540. The van der Waals surface area contributed by atoms with Crippen molar-refractivity contribution >= 4 is 15.5 Å². The standard InChI is InChI=1S/C12H16FNO3S/c1-3-11(18(16,17)4-2)12(14-15)9-7-5-6-8-10(9)13/h5-8,11,15H,3-4H2,1-2H3/b14-12-/t11-/m0/s1. The smallest absolute Gasteiger partial charge is 0.158 e. The molecule has 1 rings (SSSR count). The fraction of sp³-hybridized carbons (Fsp3) is 0.417. The van der Waals surface area contributed by atoms with E-state index < -0.39 is 20.9 Å². The van der Waals surface area contributed by atoms with Crippen LogP contribution in [0.1, 0.15) is 25.8 Å². The van der Waals surface area contributed by atoms with Crippen LogP contribution in [0.15, 0.2) is 29.4 Å². The molecule has 1 aromatic rings. The summed E-state index contributed by atoms with van der Waals surface area (Å²) in [5.74, 6) is -0.686. The van der Waals surface area contributed by atoms with Crippen LogP contribution in [0.4, 0.5) is 4.39 Å². The Morgan fingerprint density at radius 2 is 2.00 bits per heavy atom. The van der Waals surface area contributed by atoms with Crippen LogP contribution in [-0.4, -0.2) is 30.3 Å². The van der Waals surface area contributed by atoms with E-state index in [4.69, 9.17) is 5.21 Å². The second kappa shape index (κ2) is 5.95. The number of sulfone groups is 1. The van der Waals surface area contributed by atoms with Gasteiger partial charge in [-0.2, -0.15) is 0 Å². The Morgan fingerprint density at radius 1 is 1.39 bits per heavy atom. The Hall–Kier alpha value is -1.43. The summed E-state index contributed by atoms with van der Waals surface area (Å²) in [7, 11) is -3.44. The molecule has 1 N–H and O–H groups in total. The van der Waals surface area contributed by atoms with Gasteiger partial charge in [-0.1, -0.05) is 37.2 Å². The highest BCUT2D eigenvalue weighted by atomic mass is 32.2. The van der Waals surface area contributed by atoms with Crippen molar-refractivity contribution in [2.45, 2.75) is 25.5 Å². The Labute approximate surface area is 106 Å². The number of nitrogens with zero attached hydrogens (tertiary/aromatic N) is 1. The lowest BCUT2D eigenvalue weighted by molar-refractivity contribution is 0.317. The summed E-state index contributed by atoms with van der Waals surface area (Å²) in [4.78, 5) is 0. The quantitative estimate of drug-likeness (QED) is 0.508. The van der Waals surface area contributed by atoms with E-state index in [0.717, 1.165) is 0 Å². The van der Waals surface area contributed by atoms with Crippen molar-refractivity contribution in [3.05, 3.63) is 35.6 Å². The average Bonchev–Trinajstić information content (AvgIpc) is 2.36. The number of hydrogen-bond acceptors (Lipinski definition) is 4. The first-order valence-corrected chi connectivity index (χ1v) is 7.37. The zero-order valence-corrected chi connectivity index (χ0v) is 11.1. The lowest BCUT2D eigenvalue weighted by Gasteiger charge is -2.16. The molecule has 0 aliphatic heterocycles. The molecule has 0 bridgehead atoms. The highest BCUT2D eigenvalue weighted by Gasteiger charge is 2.30. The van der Waals surface area contributed by atoms with E-state index in [1.54, 1.807) is 13.0 Å². The molecule has 0 aliphatic carbocycles. The Morgan fingerprint density at radius 3 is 2.44 bits per heavy atom. The first kappa shape index (κ1) is 14.6. The lowest BCUT2D eigenvalue weighted by Crippen LogP contribution is -2.32. The van der Waals surface area contributed by atoms with E-state index in [2.05, 4.69) is 5.16 Å². The third-order valence-electron chi connectivity index (χ3n) is 2.77. The molecule has 100 valence electrons. The van der Waals surface area contributed by atoms with Crippen molar-refractivity contribution in [1.29, 1.82) is 0 Å². The summed E-state index contributed by atoms with van der Waals surface area (Å²) in [6.45, 7) is 3.16. The van der Waals surface area contributed by atoms with Crippen molar-refractivity contribution in [2.75, 3.05) is 5.75 Å². The van der Waals surface area contributed by atoms with Crippen LogP contribution in [0.3, 0.4) is 0 Å². The highest BCUT2D eigenvalue weighted by Crippen LogP contribution is 2.18. The van der Waals surface area contributed by atoms with E-state index in [1.165, 1.54) is 25.1 Å². The molecule has 0 unspecified atom stereocenters. The second-order valence-corrected chi connectivity index (χ2v) is 6.29. The van der Waals surface area contributed by atoms with E-state index in [1.807, 2.05) is 0 Å². The van der Waals surface area contributed by atoms with Gasteiger partial charge in [0.05, 0.1) is 0 Å². The number of benzene rings is 1. The minimum absolute atomic E-state index is 0.0175. The van der Waals surface area contributed by atoms with Gasteiger partial charge in [-0.25, -0.2) is 12.8 Å². The molecular weight excluding hydrogens is 257 g/mol. The predicted octanol–water partition coefficient (Wildman–Crippen LogP) is 2.22. The van der Waals surface area contributed by atoms with E-state index in [9.17, 15) is 12.8 Å². The lowest BCUT2D eigenvalue weighted by atomic mass is 10.1. The van der Waals surface area contributed by atoms with Gasteiger partial charge >= 0.3 is 0 Å². The van der Waals surface area contributed by atoms with Crippen LogP contribution in [-0.2, 0) is 9.84 Å². The summed E-state index contributed by atoms with van der Waals surface area (Å²) in [6, 6.07) is 5.65. The van der Waals surface area contributed by atoms with Gasteiger partial charge in [-0.05, 0) is 12.5 Å². The molecule has 0 saturated carbocycles. The molecule has 0 radical (unpaired) electrons. The van der Waals surface area contributed by atoms with Crippen LogP contribution in [0, 0.1) is 5.82 Å². The van der Waals surface area contributed by atoms with Crippen LogP contribution in [0.2, 0.25) is 0 Å². The molecule has 0 aliphatic rings. The molecule has 0 heterocycles. The van der Waals surface area contributed by atoms with E-state index in [0.29, 0.717) is 0 Å². The monoisotopic (exact) mass is 273 g/mol. The van der Waals surface area contributed by atoms with Gasteiger partial charge in [-0.3, -0.25) is 0 Å². The minimum atomic E-state index is -3.44. The normalized spacial score (nSPS) is 14.5. The van der Waals surface area contributed by atoms with Crippen molar-refractivity contribution in [1.82, 2.24) is 0 Å². The zero-order valence-electron chi connectivity index (χ0n) is 10.3. The fourth-order valence-corrected chi connectivity index (χ4v) is 3.20. The van der Waals surface area contributed by atoms with Gasteiger partial charge in [0.15, 0.2) is 9.84 Å². The molecule has 18 heavy (non-hydrogen) atoms. The molecule has 0 spiro atoms. The summed E-state index contributed by atoms with van der Waals surface area (Å²) in [5.41, 5.74) is -0.124.